The second kappa shape index (κ2) is 6.60. The first-order valence-corrected chi connectivity index (χ1v) is 8.01. The molecule has 2 unspecified atom stereocenters. The number of alkyl halides is 3. The molecule has 0 aliphatic carbocycles. The minimum atomic E-state index is -4.94. The van der Waals surface area contributed by atoms with Crippen LogP contribution in [0.5, 0.6) is 0 Å². The molecule has 2 aliphatic rings. The molecule has 136 valence electrons. The Bertz CT molecular complexity index is 538. The lowest BCUT2D eigenvalue weighted by Gasteiger charge is -2.33. The number of amides is 3. The highest BCUT2D eigenvalue weighted by Gasteiger charge is 2.46. The van der Waals surface area contributed by atoms with Crippen molar-refractivity contribution >= 4 is 17.7 Å². The normalized spacial score (nSPS) is 28.2. The third-order valence-corrected chi connectivity index (χ3v) is 4.69. The summed E-state index contributed by atoms with van der Waals surface area (Å²) in [5.41, 5.74) is -1.09. The van der Waals surface area contributed by atoms with Crippen LogP contribution in [0.2, 0.25) is 0 Å². The van der Waals surface area contributed by atoms with E-state index >= 15 is 0 Å². The van der Waals surface area contributed by atoms with Crippen molar-refractivity contribution in [1.82, 2.24) is 15.1 Å². The molecule has 2 heterocycles. The first-order valence-electron chi connectivity index (χ1n) is 8.01. The lowest BCUT2D eigenvalue weighted by Crippen LogP contribution is -2.53. The van der Waals surface area contributed by atoms with Crippen LogP contribution in [0.4, 0.5) is 13.2 Å². The number of nitrogens with one attached hydrogen (secondary N) is 1. The predicted molar refractivity (Wildman–Crippen MR) is 78.8 cm³/mol. The van der Waals surface area contributed by atoms with Gasteiger partial charge in [-0.3, -0.25) is 14.4 Å². The highest BCUT2D eigenvalue weighted by molar-refractivity contribution is 5.85. The van der Waals surface area contributed by atoms with Gasteiger partial charge in [-0.1, -0.05) is 0 Å². The fourth-order valence-electron chi connectivity index (χ4n) is 3.28. The summed E-state index contributed by atoms with van der Waals surface area (Å²) in [7, 11) is 0. The molecule has 24 heavy (non-hydrogen) atoms. The summed E-state index contributed by atoms with van der Waals surface area (Å²) in [4.78, 5) is 38.5. The van der Waals surface area contributed by atoms with E-state index in [1.807, 2.05) is 12.2 Å². The molecule has 9 heteroatoms. The Morgan fingerprint density at radius 2 is 2.04 bits per heavy atom. The van der Waals surface area contributed by atoms with Crippen molar-refractivity contribution in [3.05, 3.63) is 0 Å². The molecule has 6 nitrogen and oxygen atoms in total. The maximum atomic E-state index is 12.6. The van der Waals surface area contributed by atoms with Crippen molar-refractivity contribution in [3.8, 4) is 0 Å². The second-order valence-electron chi connectivity index (χ2n) is 6.69. The smallest absolute Gasteiger partial charge is 0.342 e. The third-order valence-electron chi connectivity index (χ3n) is 4.69. The van der Waals surface area contributed by atoms with Gasteiger partial charge in [-0.25, -0.2) is 0 Å². The zero-order chi connectivity index (χ0) is 18.1. The van der Waals surface area contributed by atoms with Crippen LogP contribution in [0.25, 0.3) is 0 Å². The van der Waals surface area contributed by atoms with Crippen LogP contribution in [0.1, 0.15) is 33.1 Å². The van der Waals surface area contributed by atoms with Crippen molar-refractivity contribution in [3.63, 3.8) is 0 Å². The van der Waals surface area contributed by atoms with Crippen LogP contribution in [-0.4, -0.2) is 65.4 Å². The Kier molecular flexibility index (Phi) is 5.10. The second-order valence-corrected chi connectivity index (χ2v) is 6.69. The number of nitrogens with zero attached hydrogens (tertiary/aromatic N) is 2. The van der Waals surface area contributed by atoms with Gasteiger partial charge in [0, 0.05) is 32.6 Å². The number of carbonyl (C=O) groups excluding carboxylic acids is 3. The molecule has 3 amide bonds. The number of hydrogen-bond acceptors (Lipinski definition) is 3. The fourth-order valence-corrected chi connectivity index (χ4v) is 3.28. The van der Waals surface area contributed by atoms with E-state index in [9.17, 15) is 27.6 Å². The third kappa shape index (κ3) is 3.99. The Hall–Kier alpha value is -1.80. The maximum Gasteiger partial charge on any atom is 0.471 e. The zero-order valence-corrected chi connectivity index (χ0v) is 13.8. The number of carbonyl (C=O) groups is 3. The van der Waals surface area contributed by atoms with Gasteiger partial charge in [0.15, 0.2) is 0 Å². The van der Waals surface area contributed by atoms with Gasteiger partial charge >= 0.3 is 12.1 Å². The molecule has 0 spiro atoms. The van der Waals surface area contributed by atoms with Crippen LogP contribution in [0, 0.1) is 5.92 Å². The van der Waals surface area contributed by atoms with E-state index in [-0.39, 0.29) is 30.7 Å². The van der Waals surface area contributed by atoms with Crippen LogP contribution in [0.3, 0.4) is 0 Å². The summed E-state index contributed by atoms with van der Waals surface area (Å²) in [6.45, 7) is 4.56. The summed E-state index contributed by atoms with van der Waals surface area (Å²) < 4.78 is 37.2. The van der Waals surface area contributed by atoms with Crippen molar-refractivity contribution < 1.29 is 27.6 Å². The van der Waals surface area contributed by atoms with E-state index in [4.69, 9.17) is 0 Å². The first kappa shape index (κ1) is 18.5. The topological polar surface area (TPSA) is 69.7 Å². The van der Waals surface area contributed by atoms with Gasteiger partial charge < -0.3 is 15.1 Å². The molecule has 0 aromatic carbocycles. The summed E-state index contributed by atoms with van der Waals surface area (Å²) in [5.74, 6) is -2.46. The number of rotatable bonds is 3. The number of halogens is 3. The van der Waals surface area contributed by atoms with E-state index in [0.29, 0.717) is 32.5 Å². The quantitative estimate of drug-likeness (QED) is 0.824. The van der Waals surface area contributed by atoms with Gasteiger partial charge in [-0.05, 0) is 26.7 Å². The summed E-state index contributed by atoms with van der Waals surface area (Å²) in [6, 6.07) is 0. The van der Waals surface area contributed by atoms with Crippen molar-refractivity contribution in [2.75, 3.05) is 26.2 Å². The Morgan fingerprint density at radius 3 is 2.62 bits per heavy atom. The fraction of sp³-hybridized carbons (Fsp3) is 0.800. The molecule has 2 rings (SSSR count). The van der Waals surface area contributed by atoms with Gasteiger partial charge in [0.2, 0.25) is 11.8 Å². The Morgan fingerprint density at radius 1 is 1.38 bits per heavy atom. The molecule has 2 fully saturated rings. The summed E-state index contributed by atoms with van der Waals surface area (Å²) >= 11 is 0. The van der Waals surface area contributed by atoms with E-state index < -0.39 is 17.6 Å². The van der Waals surface area contributed by atoms with Crippen LogP contribution < -0.4 is 5.32 Å². The first-order chi connectivity index (χ1) is 11.1. The van der Waals surface area contributed by atoms with Gasteiger partial charge in [0.1, 0.15) is 0 Å². The SMILES string of the molecule is CCN1CC(C(=O)N2CCC(C)(NC(=O)C(F)(F)F)C2)CCC1=O. The highest BCUT2D eigenvalue weighted by atomic mass is 19.4. The van der Waals surface area contributed by atoms with Gasteiger partial charge in [-0.2, -0.15) is 13.2 Å². The monoisotopic (exact) mass is 349 g/mol. The summed E-state index contributed by atoms with van der Waals surface area (Å²) in [6.07, 6.45) is -3.91. The predicted octanol–water partition coefficient (Wildman–Crippen LogP) is 0.914. The molecule has 0 aromatic rings. The minimum Gasteiger partial charge on any atom is -0.342 e. The number of piperidine rings is 1. The molecule has 2 atom stereocenters. The standard InChI is InChI=1S/C15H22F3N3O3/c1-3-20-8-10(4-5-11(20)22)12(23)21-7-6-14(2,9-21)19-13(24)15(16,17)18/h10H,3-9H2,1-2H3,(H,19,24). The van der Waals surface area contributed by atoms with Gasteiger partial charge in [-0.15, -0.1) is 0 Å². The lowest BCUT2D eigenvalue weighted by atomic mass is 9.96. The Labute approximate surface area is 138 Å². The van der Waals surface area contributed by atoms with Crippen molar-refractivity contribution in [2.24, 2.45) is 5.92 Å². The lowest BCUT2D eigenvalue weighted by molar-refractivity contribution is -0.175. The molecule has 0 aromatic heterocycles. The molecule has 0 saturated carbocycles. The number of likely N-dealkylation sites (tertiary alicyclic amines) is 2. The largest absolute Gasteiger partial charge is 0.471 e. The van der Waals surface area contributed by atoms with Crippen LogP contribution >= 0.6 is 0 Å². The van der Waals surface area contributed by atoms with Gasteiger partial charge in [0.25, 0.3) is 0 Å². The zero-order valence-electron chi connectivity index (χ0n) is 13.8. The maximum absolute atomic E-state index is 12.6. The molecule has 2 saturated heterocycles. The highest BCUT2D eigenvalue weighted by Crippen LogP contribution is 2.27. The van der Waals surface area contributed by atoms with E-state index in [0.717, 1.165) is 0 Å². The van der Waals surface area contributed by atoms with Gasteiger partial charge in [0.05, 0.1) is 11.5 Å². The molecular weight excluding hydrogens is 327 g/mol. The van der Waals surface area contributed by atoms with E-state index in [1.165, 1.54) is 11.8 Å². The average Bonchev–Trinajstić information content (AvgIpc) is 2.88. The molecule has 2 aliphatic heterocycles. The minimum absolute atomic E-state index is 0.0188. The molecule has 0 bridgehead atoms. The van der Waals surface area contributed by atoms with Crippen molar-refractivity contribution in [2.45, 2.75) is 44.8 Å². The molecule has 0 radical (unpaired) electrons. The van der Waals surface area contributed by atoms with E-state index in [1.54, 1.807) is 4.90 Å². The Balaban J connectivity index is 1.96. The average molecular weight is 349 g/mol. The number of hydrogen-bond donors (Lipinski definition) is 1. The van der Waals surface area contributed by atoms with Crippen LogP contribution in [-0.2, 0) is 14.4 Å². The van der Waals surface area contributed by atoms with Crippen LogP contribution in [0.15, 0.2) is 0 Å². The van der Waals surface area contributed by atoms with Crippen molar-refractivity contribution in [1.29, 1.82) is 0 Å². The molecule has 1 N–H and O–H groups in total. The summed E-state index contributed by atoms with van der Waals surface area (Å²) in [5, 5.41) is 1.99. The molecular formula is C15H22F3N3O3. The van der Waals surface area contributed by atoms with E-state index in [2.05, 4.69) is 0 Å².